The van der Waals surface area contributed by atoms with E-state index in [1.807, 2.05) is 6.92 Å². The Bertz CT molecular complexity index is 399. The van der Waals surface area contributed by atoms with Gasteiger partial charge in [-0.25, -0.2) is 8.78 Å². The summed E-state index contributed by atoms with van der Waals surface area (Å²) in [5.74, 6) is -0.243. The van der Waals surface area contributed by atoms with Gasteiger partial charge in [0.15, 0.2) is 5.82 Å². The smallest absolute Gasteiger partial charge is 0.152 e. The lowest BCUT2D eigenvalue weighted by Crippen LogP contribution is -2.24. The summed E-state index contributed by atoms with van der Waals surface area (Å²) in [7, 11) is 0. The minimum Gasteiger partial charge on any atom is -0.378 e. The van der Waals surface area contributed by atoms with E-state index < -0.39 is 11.6 Å². The molecule has 0 heterocycles. The van der Waals surface area contributed by atoms with Crippen LogP contribution in [0.3, 0.4) is 0 Å². The van der Waals surface area contributed by atoms with Gasteiger partial charge >= 0.3 is 0 Å². The largest absolute Gasteiger partial charge is 0.378 e. The normalized spacial score (nSPS) is 17.6. The molecule has 0 saturated heterocycles. The van der Waals surface area contributed by atoms with Gasteiger partial charge < -0.3 is 5.32 Å². The van der Waals surface area contributed by atoms with Crippen LogP contribution in [0.5, 0.6) is 0 Å². The van der Waals surface area contributed by atoms with Crippen LogP contribution in [-0.4, -0.2) is 6.04 Å². The van der Waals surface area contributed by atoms with E-state index in [0.29, 0.717) is 5.56 Å². The maximum Gasteiger partial charge on any atom is 0.152 e. The molecule has 94 valence electrons. The maximum absolute atomic E-state index is 13.8. The molecule has 0 aliphatic heterocycles. The zero-order valence-corrected chi connectivity index (χ0v) is 10.4. The topological polar surface area (TPSA) is 12.0 Å². The molecule has 1 aromatic carbocycles. The van der Waals surface area contributed by atoms with Gasteiger partial charge in [0.25, 0.3) is 0 Å². The molecule has 0 radical (unpaired) electrons. The van der Waals surface area contributed by atoms with Gasteiger partial charge in [0, 0.05) is 6.04 Å². The molecule has 0 spiro atoms. The van der Waals surface area contributed by atoms with Crippen LogP contribution >= 0.6 is 0 Å². The van der Waals surface area contributed by atoms with E-state index in [1.165, 1.54) is 31.4 Å². The fraction of sp³-hybridized carbons (Fsp3) is 0.571. The van der Waals surface area contributed by atoms with E-state index in [-0.39, 0.29) is 11.7 Å². The van der Waals surface area contributed by atoms with Gasteiger partial charge in [-0.3, -0.25) is 0 Å². The van der Waals surface area contributed by atoms with Gasteiger partial charge in [-0.05, 0) is 37.8 Å². The van der Waals surface area contributed by atoms with E-state index in [1.54, 1.807) is 6.92 Å². The molecule has 3 heteroatoms. The monoisotopic (exact) mass is 239 g/mol. The molecule has 1 atom stereocenters. The van der Waals surface area contributed by atoms with Crippen molar-refractivity contribution in [3.63, 3.8) is 0 Å². The molecule has 1 aliphatic rings. The summed E-state index contributed by atoms with van der Waals surface area (Å²) in [5, 5.41) is 2.97. The molecular weight excluding hydrogens is 220 g/mol. The molecule has 1 aliphatic carbocycles. The van der Waals surface area contributed by atoms with Crippen molar-refractivity contribution in [3.05, 3.63) is 29.3 Å². The van der Waals surface area contributed by atoms with E-state index in [0.717, 1.165) is 12.3 Å². The summed E-state index contributed by atoms with van der Waals surface area (Å²) in [4.78, 5) is 0. The fourth-order valence-corrected chi connectivity index (χ4v) is 2.32. The highest BCUT2D eigenvalue weighted by Crippen LogP contribution is 2.31. The van der Waals surface area contributed by atoms with Crippen LogP contribution in [0.4, 0.5) is 14.5 Å². The van der Waals surface area contributed by atoms with Gasteiger partial charge in [0.1, 0.15) is 11.5 Å². The molecule has 0 amide bonds. The molecule has 0 aromatic heterocycles. The predicted octanol–water partition coefficient (Wildman–Crippen LogP) is 4.26. The van der Waals surface area contributed by atoms with Crippen LogP contribution in [0.25, 0.3) is 0 Å². The zero-order valence-electron chi connectivity index (χ0n) is 10.4. The Morgan fingerprint density at radius 1 is 1.35 bits per heavy atom. The summed E-state index contributed by atoms with van der Waals surface area (Å²) in [6, 6.07) is 2.90. The number of benzene rings is 1. The minimum atomic E-state index is -0.506. The van der Waals surface area contributed by atoms with Gasteiger partial charge in [-0.15, -0.1) is 0 Å². The average molecular weight is 239 g/mol. The number of hydrogen-bond donors (Lipinski definition) is 1. The lowest BCUT2D eigenvalue weighted by molar-refractivity contribution is 0.285. The second-order valence-electron chi connectivity index (χ2n) is 5.13. The number of hydrogen-bond acceptors (Lipinski definition) is 1. The molecule has 1 unspecified atom stereocenters. The van der Waals surface area contributed by atoms with Crippen LogP contribution in [0, 0.1) is 24.5 Å². The standard InChI is InChI=1S/C14H19F2N/c1-9-6-7-12(15)14(13(9)16)17-10(2)8-11-4-3-5-11/h6-7,10-11,17H,3-5,8H2,1-2H3. The highest BCUT2D eigenvalue weighted by molar-refractivity contribution is 5.49. The lowest BCUT2D eigenvalue weighted by atomic mass is 9.81. The number of rotatable bonds is 4. The molecule has 1 nitrogen and oxygen atoms in total. The molecule has 2 rings (SSSR count). The van der Waals surface area contributed by atoms with E-state index in [2.05, 4.69) is 5.32 Å². The number of halogens is 2. The third-order valence-electron chi connectivity index (χ3n) is 3.59. The van der Waals surface area contributed by atoms with Crippen LogP contribution in [0.1, 0.15) is 38.2 Å². The highest BCUT2D eigenvalue weighted by atomic mass is 19.1. The molecular formula is C14H19F2N. The highest BCUT2D eigenvalue weighted by Gasteiger charge is 2.21. The molecule has 1 saturated carbocycles. The van der Waals surface area contributed by atoms with Crippen molar-refractivity contribution in [3.8, 4) is 0 Å². The first-order valence-electron chi connectivity index (χ1n) is 6.29. The van der Waals surface area contributed by atoms with Crippen LogP contribution < -0.4 is 5.32 Å². The third kappa shape index (κ3) is 2.76. The van der Waals surface area contributed by atoms with Crippen LogP contribution in [0.15, 0.2) is 12.1 Å². The molecule has 1 aromatic rings. The quantitative estimate of drug-likeness (QED) is 0.827. The Labute approximate surface area is 101 Å². The Hall–Kier alpha value is -1.12. The first-order valence-corrected chi connectivity index (χ1v) is 6.29. The molecule has 0 bridgehead atoms. The van der Waals surface area contributed by atoms with Crippen molar-refractivity contribution in [1.29, 1.82) is 0 Å². The van der Waals surface area contributed by atoms with E-state index in [4.69, 9.17) is 0 Å². The second-order valence-corrected chi connectivity index (χ2v) is 5.13. The van der Waals surface area contributed by atoms with Crippen molar-refractivity contribution >= 4 is 5.69 Å². The van der Waals surface area contributed by atoms with Crippen molar-refractivity contribution in [1.82, 2.24) is 0 Å². The molecule has 1 N–H and O–H groups in total. The Morgan fingerprint density at radius 2 is 2.06 bits per heavy atom. The second kappa shape index (κ2) is 5.03. The minimum absolute atomic E-state index is 0.0248. The van der Waals surface area contributed by atoms with Crippen molar-refractivity contribution < 1.29 is 8.78 Å². The Morgan fingerprint density at radius 3 is 2.65 bits per heavy atom. The first kappa shape index (κ1) is 12.3. The van der Waals surface area contributed by atoms with Crippen molar-refractivity contribution in [2.75, 3.05) is 5.32 Å². The third-order valence-corrected chi connectivity index (χ3v) is 3.59. The summed E-state index contributed by atoms with van der Waals surface area (Å²) in [6.07, 6.45) is 4.80. The summed E-state index contributed by atoms with van der Waals surface area (Å²) < 4.78 is 27.3. The van der Waals surface area contributed by atoms with Gasteiger partial charge in [0.2, 0.25) is 0 Å². The van der Waals surface area contributed by atoms with Crippen LogP contribution in [-0.2, 0) is 0 Å². The Kier molecular flexibility index (Phi) is 3.65. The number of anilines is 1. The SMILES string of the molecule is Cc1ccc(F)c(NC(C)CC2CCC2)c1F. The van der Waals surface area contributed by atoms with E-state index >= 15 is 0 Å². The zero-order chi connectivity index (χ0) is 12.4. The van der Waals surface area contributed by atoms with Gasteiger partial charge in [0.05, 0.1) is 0 Å². The lowest BCUT2D eigenvalue weighted by Gasteiger charge is -2.29. The average Bonchev–Trinajstić information content (AvgIpc) is 2.24. The number of aryl methyl sites for hydroxylation is 1. The molecule has 17 heavy (non-hydrogen) atoms. The van der Waals surface area contributed by atoms with Gasteiger partial charge in [-0.1, -0.05) is 25.3 Å². The van der Waals surface area contributed by atoms with E-state index in [9.17, 15) is 8.78 Å². The maximum atomic E-state index is 13.8. The summed E-state index contributed by atoms with van der Waals surface area (Å²) in [6.45, 7) is 3.64. The van der Waals surface area contributed by atoms with Crippen LogP contribution in [0.2, 0.25) is 0 Å². The summed E-state index contributed by atoms with van der Waals surface area (Å²) in [5.41, 5.74) is 0.501. The summed E-state index contributed by atoms with van der Waals surface area (Å²) >= 11 is 0. The van der Waals surface area contributed by atoms with Crippen molar-refractivity contribution in [2.45, 2.75) is 45.6 Å². The first-order chi connectivity index (χ1) is 8.08. The predicted molar refractivity (Wildman–Crippen MR) is 66.1 cm³/mol. The fourth-order valence-electron chi connectivity index (χ4n) is 2.32. The van der Waals surface area contributed by atoms with Gasteiger partial charge in [-0.2, -0.15) is 0 Å². The Balaban J connectivity index is 2.03. The molecule has 1 fully saturated rings. The van der Waals surface area contributed by atoms with Crippen molar-refractivity contribution in [2.24, 2.45) is 5.92 Å². The number of nitrogens with one attached hydrogen (secondary N) is 1.